The highest BCUT2D eigenvalue weighted by Gasteiger charge is 2.53. The standard InChI is InChI=1S/C23H27ClO8/c24-18-6-3-15(23(29)22(28)21(27)20(26)19(11-25)32-23)10-14(18)9-13-1-4-16(5-2-13)31-17-7-8-30-12-17/h1-6,10,17,19-22,25-29H,7-9,11-12H2/t17-,19-,20-,21+,22-,23+/m1/s1. The summed E-state index contributed by atoms with van der Waals surface area (Å²) in [4.78, 5) is 0. The first-order valence-corrected chi connectivity index (χ1v) is 10.9. The van der Waals surface area contributed by atoms with Gasteiger partial charge in [-0.05, 0) is 41.8 Å². The first kappa shape index (κ1) is 23.4. The van der Waals surface area contributed by atoms with Crippen molar-refractivity contribution in [1.29, 1.82) is 0 Å². The van der Waals surface area contributed by atoms with Gasteiger partial charge in [0.1, 0.15) is 36.3 Å². The Labute approximate surface area is 190 Å². The summed E-state index contributed by atoms with van der Waals surface area (Å²) in [6.45, 7) is 0.649. The molecule has 2 aromatic rings. The monoisotopic (exact) mass is 466 g/mol. The van der Waals surface area contributed by atoms with E-state index in [0.717, 1.165) is 17.7 Å². The number of ether oxygens (including phenoxy) is 3. The van der Waals surface area contributed by atoms with Crippen LogP contribution in [0.25, 0.3) is 0 Å². The van der Waals surface area contributed by atoms with E-state index in [9.17, 15) is 25.5 Å². The average Bonchev–Trinajstić information content (AvgIpc) is 3.30. The molecule has 5 N–H and O–H groups in total. The molecule has 0 radical (unpaired) electrons. The minimum absolute atomic E-state index is 0.0613. The van der Waals surface area contributed by atoms with Gasteiger partial charge < -0.3 is 39.7 Å². The predicted molar refractivity (Wildman–Crippen MR) is 114 cm³/mol. The van der Waals surface area contributed by atoms with Crippen LogP contribution in [0.5, 0.6) is 5.75 Å². The lowest BCUT2D eigenvalue weighted by Gasteiger charge is -2.45. The second kappa shape index (κ2) is 9.62. The van der Waals surface area contributed by atoms with E-state index in [4.69, 9.17) is 25.8 Å². The van der Waals surface area contributed by atoms with Crippen LogP contribution in [0, 0.1) is 0 Å². The van der Waals surface area contributed by atoms with Gasteiger partial charge in [-0.1, -0.05) is 29.8 Å². The van der Waals surface area contributed by atoms with Crippen LogP contribution in [-0.4, -0.2) is 75.9 Å². The van der Waals surface area contributed by atoms with Crippen molar-refractivity contribution in [3.8, 4) is 5.75 Å². The van der Waals surface area contributed by atoms with Crippen molar-refractivity contribution in [1.82, 2.24) is 0 Å². The molecule has 2 fully saturated rings. The maximum atomic E-state index is 11.0. The fourth-order valence-corrected chi connectivity index (χ4v) is 4.21. The molecule has 6 atom stereocenters. The fourth-order valence-electron chi connectivity index (χ4n) is 4.03. The summed E-state index contributed by atoms with van der Waals surface area (Å²) in [7, 11) is 0. The third-order valence-corrected chi connectivity index (χ3v) is 6.30. The van der Waals surface area contributed by atoms with Crippen LogP contribution in [0.2, 0.25) is 5.02 Å². The number of halogens is 1. The van der Waals surface area contributed by atoms with Crippen LogP contribution < -0.4 is 4.74 Å². The minimum Gasteiger partial charge on any atom is -0.488 e. The third-order valence-electron chi connectivity index (χ3n) is 5.93. The normalized spacial score (nSPS) is 32.8. The number of hydrogen-bond donors (Lipinski definition) is 5. The number of rotatable bonds is 6. The van der Waals surface area contributed by atoms with Gasteiger partial charge in [-0.15, -0.1) is 0 Å². The molecule has 0 saturated carbocycles. The average molecular weight is 467 g/mol. The summed E-state index contributed by atoms with van der Waals surface area (Å²) >= 11 is 6.37. The zero-order chi connectivity index (χ0) is 22.9. The molecule has 9 heteroatoms. The number of aliphatic hydroxyl groups is 5. The van der Waals surface area contributed by atoms with Crippen molar-refractivity contribution in [2.75, 3.05) is 19.8 Å². The molecule has 0 bridgehead atoms. The Bertz CT molecular complexity index is 915. The van der Waals surface area contributed by atoms with Gasteiger partial charge in [0, 0.05) is 17.0 Å². The van der Waals surface area contributed by atoms with E-state index in [0.29, 0.717) is 30.2 Å². The third kappa shape index (κ3) is 4.64. The molecule has 2 saturated heterocycles. The van der Waals surface area contributed by atoms with E-state index < -0.39 is 36.8 Å². The van der Waals surface area contributed by atoms with Crippen LogP contribution >= 0.6 is 11.6 Å². The first-order valence-electron chi connectivity index (χ1n) is 10.5. The van der Waals surface area contributed by atoms with E-state index in [2.05, 4.69) is 0 Å². The largest absolute Gasteiger partial charge is 0.488 e. The topological polar surface area (TPSA) is 129 Å². The Balaban J connectivity index is 1.53. The Morgan fingerprint density at radius 3 is 2.47 bits per heavy atom. The highest BCUT2D eigenvalue weighted by Crippen LogP contribution is 2.38. The van der Waals surface area contributed by atoms with Gasteiger partial charge in [0.25, 0.3) is 0 Å². The summed E-state index contributed by atoms with van der Waals surface area (Å²) in [5.74, 6) is -1.58. The minimum atomic E-state index is -2.33. The van der Waals surface area contributed by atoms with Crippen LogP contribution in [0.15, 0.2) is 42.5 Å². The summed E-state index contributed by atoms with van der Waals surface area (Å²) < 4.78 is 16.6. The molecule has 2 heterocycles. The maximum absolute atomic E-state index is 11.0. The van der Waals surface area contributed by atoms with Crippen LogP contribution in [-0.2, 0) is 21.7 Å². The van der Waals surface area contributed by atoms with Gasteiger partial charge in [0.05, 0.1) is 19.8 Å². The van der Waals surface area contributed by atoms with E-state index in [-0.39, 0.29) is 11.7 Å². The lowest BCUT2D eigenvalue weighted by Crippen LogP contribution is -2.63. The molecule has 8 nitrogen and oxygen atoms in total. The second-order valence-electron chi connectivity index (χ2n) is 8.19. The van der Waals surface area contributed by atoms with Crippen LogP contribution in [0.1, 0.15) is 23.1 Å². The van der Waals surface area contributed by atoms with Gasteiger partial charge in [-0.25, -0.2) is 0 Å². The predicted octanol–water partition coefficient (Wildman–Crippen LogP) is 0.717. The fraction of sp³-hybridized carbons (Fsp3) is 0.478. The molecule has 174 valence electrons. The molecule has 0 amide bonds. The smallest absolute Gasteiger partial charge is 0.222 e. The highest BCUT2D eigenvalue weighted by molar-refractivity contribution is 6.31. The molecule has 0 aromatic heterocycles. The van der Waals surface area contributed by atoms with Crippen molar-refractivity contribution in [2.24, 2.45) is 0 Å². The van der Waals surface area contributed by atoms with Gasteiger partial charge >= 0.3 is 0 Å². The van der Waals surface area contributed by atoms with Crippen LogP contribution in [0.3, 0.4) is 0 Å². The Morgan fingerprint density at radius 1 is 1.06 bits per heavy atom. The number of hydrogen-bond acceptors (Lipinski definition) is 8. The second-order valence-corrected chi connectivity index (χ2v) is 8.60. The van der Waals surface area contributed by atoms with Crippen LogP contribution in [0.4, 0.5) is 0 Å². The molecule has 2 aliphatic rings. The molecule has 4 rings (SSSR count). The molecule has 0 spiro atoms. The van der Waals surface area contributed by atoms with Gasteiger partial charge in [-0.2, -0.15) is 0 Å². The zero-order valence-electron chi connectivity index (χ0n) is 17.3. The Morgan fingerprint density at radius 2 is 1.81 bits per heavy atom. The molecular weight excluding hydrogens is 440 g/mol. The van der Waals surface area contributed by atoms with Crippen molar-refractivity contribution in [3.63, 3.8) is 0 Å². The van der Waals surface area contributed by atoms with Crippen molar-refractivity contribution < 1.29 is 39.7 Å². The lowest BCUT2D eigenvalue weighted by molar-refractivity contribution is -0.357. The quantitative estimate of drug-likeness (QED) is 0.421. The maximum Gasteiger partial charge on any atom is 0.222 e. The molecule has 0 unspecified atom stereocenters. The van der Waals surface area contributed by atoms with E-state index in [1.54, 1.807) is 12.1 Å². The van der Waals surface area contributed by atoms with Gasteiger partial charge in [0.15, 0.2) is 0 Å². The SMILES string of the molecule is OC[C@H]1O[C@@](O)(c2ccc(Cl)c(Cc3ccc(O[C@@H]4CCOC4)cc3)c2)[C@H](O)[C@@H](O)[C@@H]1O. The summed E-state index contributed by atoms with van der Waals surface area (Å²) in [6, 6.07) is 12.2. The Kier molecular flexibility index (Phi) is 7.04. The molecule has 0 aliphatic carbocycles. The van der Waals surface area contributed by atoms with E-state index >= 15 is 0 Å². The van der Waals surface area contributed by atoms with Crippen molar-refractivity contribution >= 4 is 11.6 Å². The molecule has 2 aromatic carbocycles. The molecule has 2 aliphatic heterocycles. The molecule has 32 heavy (non-hydrogen) atoms. The summed E-state index contributed by atoms with van der Waals surface area (Å²) in [5.41, 5.74) is 1.75. The highest BCUT2D eigenvalue weighted by atomic mass is 35.5. The Hall–Kier alpha value is -1.75. The van der Waals surface area contributed by atoms with E-state index in [1.165, 1.54) is 6.07 Å². The van der Waals surface area contributed by atoms with E-state index in [1.807, 2.05) is 24.3 Å². The number of benzene rings is 2. The first-order chi connectivity index (χ1) is 15.3. The van der Waals surface area contributed by atoms with Gasteiger partial charge in [-0.3, -0.25) is 0 Å². The van der Waals surface area contributed by atoms with Crippen molar-refractivity contribution in [2.45, 2.75) is 49.1 Å². The lowest BCUT2D eigenvalue weighted by atomic mass is 9.87. The van der Waals surface area contributed by atoms with Crippen molar-refractivity contribution in [3.05, 3.63) is 64.2 Å². The van der Waals surface area contributed by atoms with Gasteiger partial charge in [0.2, 0.25) is 5.79 Å². The summed E-state index contributed by atoms with van der Waals surface area (Å²) in [5, 5.41) is 51.4. The summed E-state index contributed by atoms with van der Waals surface area (Å²) in [6.07, 6.45) is -4.99. The number of aliphatic hydroxyl groups excluding tert-OH is 4. The molecular formula is C23H27ClO8. The zero-order valence-corrected chi connectivity index (χ0v) is 18.1.